The molecule has 4 aliphatic rings. The van der Waals surface area contributed by atoms with Gasteiger partial charge < -0.3 is 9.88 Å². The second-order valence-electron chi connectivity index (χ2n) is 10.6. The normalized spacial score (nSPS) is 20.9. The molecule has 38 heavy (non-hydrogen) atoms. The van der Waals surface area contributed by atoms with Crippen molar-refractivity contribution in [2.45, 2.75) is 38.6 Å². The van der Waals surface area contributed by atoms with Gasteiger partial charge in [-0.2, -0.15) is 10.5 Å². The van der Waals surface area contributed by atoms with Crippen molar-refractivity contribution in [2.24, 2.45) is 5.92 Å². The fourth-order valence-electron chi connectivity index (χ4n) is 6.68. The van der Waals surface area contributed by atoms with Gasteiger partial charge in [-0.05, 0) is 85.2 Å². The van der Waals surface area contributed by atoms with Gasteiger partial charge in [0.05, 0.1) is 34.1 Å². The van der Waals surface area contributed by atoms with Crippen molar-refractivity contribution in [2.75, 3.05) is 5.32 Å². The van der Waals surface area contributed by atoms with Crippen molar-refractivity contribution in [3.05, 3.63) is 111 Å². The first kappa shape index (κ1) is 22.7. The van der Waals surface area contributed by atoms with Crippen LogP contribution >= 0.6 is 0 Å². The minimum Gasteiger partial charge on any atom is -0.376 e. The van der Waals surface area contributed by atoms with E-state index in [9.17, 15) is 10.5 Å². The predicted molar refractivity (Wildman–Crippen MR) is 153 cm³/mol. The molecule has 0 fully saturated rings. The number of aromatic nitrogens is 1. The molecule has 2 bridgehead atoms. The Bertz CT molecular complexity index is 1790. The summed E-state index contributed by atoms with van der Waals surface area (Å²) >= 11 is 0. The molecule has 0 spiro atoms. The maximum atomic E-state index is 9.95. The standard InChI is InChI=1S/C33H25BN4/c1-19-10-11-31-26(12-19)25-8-4-5-9-30(25)38(31)32-14-21(18-36)20(17-35)13-29(32)37-33-27-15-22(34)16-28(33)24-7-3-2-6-23(24)27/h2,5-6,9-16,27,33,37H,3-4,7-8H2,1H3. The summed E-state index contributed by atoms with van der Waals surface area (Å²) in [5.41, 5.74) is 12.0. The van der Waals surface area contributed by atoms with Crippen LogP contribution in [0.3, 0.4) is 0 Å². The average molecular weight is 488 g/mol. The first-order valence-electron chi connectivity index (χ1n) is 13.2. The Kier molecular flexibility index (Phi) is 5.10. The SMILES string of the molecule is [B]C1=CC2C3=C(CCC=C3)C(=C1)C2Nc1cc(C#N)c(C#N)cc1-n1c2c(c3cc(C)ccc31)CCC=C2. The van der Waals surface area contributed by atoms with Gasteiger partial charge in [0.2, 0.25) is 0 Å². The highest BCUT2D eigenvalue weighted by Crippen LogP contribution is 2.47. The summed E-state index contributed by atoms with van der Waals surface area (Å²) < 4.78 is 2.26. The van der Waals surface area contributed by atoms with Crippen LogP contribution in [-0.4, -0.2) is 18.5 Å². The van der Waals surface area contributed by atoms with E-state index in [-0.39, 0.29) is 12.0 Å². The van der Waals surface area contributed by atoms with E-state index in [1.165, 1.54) is 33.2 Å². The molecule has 0 saturated heterocycles. The van der Waals surface area contributed by atoms with Crippen molar-refractivity contribution >= 4 is 30.5 Å². The highest BCUT2D eigenvalue weighted by Gasteiger charge is 2.39. The Balaban J connectivity index is 1.44. The van der Waals surface area contributed by atoms with Crippen LogP contribution in [0.2, 0.25) is 0 Å². The van der Waals surface area contributed by atoms with Crippen LogP contribution in [0.5, 0.6) is 0 Å². The summed E-state index contributed by atoms with van der Waals surface area (Å²) in [5, 5.41) is 24.9. The Hall–Kier alpha value is -4.48. The molecule has 4 nitrogen and oxygen atoms in total. The van der Waals surface area contributed by atoms with Gasteiger partial charge in [0.15, 0.2) is 0 Å². The molecule has 0 aliphatic heterocycles. The lowest BCUT2D eigenvalue weighted by molar-refractivity contribution is 0.711. The van der Waals surface area contributed by atoms with Gasteiger partial charge in [0, 0.05) is 17.0 Å². The van der Waals surface area contributed by atoms with Gasteiger partial charge in [-0.1, -0.05) is 47.5 Å². The molecule has 1 heterocycles. The minimum absolute atomic E-state index is 0.0173. The Labute approximate surface area is 224 Å². The monoisotopic (exact) mass is 488 g/mol. The maximum Gasteiger partial charge on any atom is 0.113 e. The van der Waals surface area contributed by atoms with E-state index >= 15 is 0 Å². The topological polar surface area (TPSA) is 64.5 Å². The van der Waals surface area contributed by atoms with Gasteiger partial charge >= 0.3 is 0 Å². The van der Waals surface area contributed by atoms with Crippen molar-refractivity contribution < 1.29 is 0 Å². The van der Waals surface area contributed by atoms with E-state index < -0.39 is 0 Å². The van der Waals surface area contributed by atoms with Crippen molar-refractivity contribution in [3.63, 3.8) is 0 Å². The van der Waals surface area contributed by atoms with Crippen LogP contribution in [0, 0.1) is 35.5 Å². The molecular formula is C33H25BN4. The zero-order chi connectivity index (χ0) is 26.0. The second kappa shape index (κ2) is 8.54. The van der Waals surface area contributed by atoms with E-state index in [1.807, 2.05) is 12.1 Å². The van der Waals surface area contributed by atoms with Crippen LogP contribution in [0.4, 0.5) is 5.69 Å². The predicted octanol–water partition coefficient (Wildman–Crippen LogP) is 6.69. The van der Waals surface area contributed by atoms with Crippen LogP contribution in [0.25, 0.3) is 22.7 Å². The minimum atomic E-state index is 0.0173. The number of aryl methyl sites for hydroxylation is 2. The third kappa shape index (κ3) is 3.29. The van der Waals surface area contributed by atoms with E-state index in [4.69, 9.17) is 7.85 Å². The lowest BCUT2D eigenvalue weighted by atomic mass is 9.81. The maximum absolute atomic E-state index is 9.95. The summed E-state index contributed by atoms with van der Waals surface area (Å²) in [7, 11) is 6.32. The highest BCUT2D eigenvalue weighted by atomic mass is 15.1. The molecule has 180 valence electrons. The molecule has 3 aromatic rings. The number of allylic oxidation sites excluding steroid dienone is 5. The third-order valence-corrected chi connectivity index (χ3v) is 8.34. The Morgan fingerprint density at radius 2 is 1.79 bits per heavy atom. The third-order valence-electron chi connectivity index (χ3n) is 8.34. The van der Waals surface area contributed by atoms with E-state index in [1.54, 1.807) is 0 Å². The number of nitrogens with one attached hydrogen (secondary N) is 1. The van der Waals surface area contributed by atoms with Crippen molar-refractivity contribution in [1.29, 1.82) is 10.5 Å². The smallest absolute Gasteiger partial charge is 0.113 e. The summed E-state index contributed by atoms with van der Waals surface area (Å²) in [6, 6.07) is 14.8. The molecule has 2 aromatic carbocycles. The van der Waals surface area contributed by atoms with Gasteiger partial charge in [0.25, 0.3) is 0 Å². The zero-order valence-corrected chi connectivity index (χ0v) is 21.3. The summed E-state index contributed by atoms with van der Waals surface area (Å²) in [6.07, 6.45) is 17.2. The Morgan fingerprint density at radius 1 is 1.00 bits per heavy atom. The first-order chi connectivity index (χ1) is 18.6. The molecule has 1 N–H and O–H groups in total. The number of hydrogen-bond acceptors (Lipinski definition) is 3. The first-order valence-corrected chi connectivity index (χ1v) is 13.2. The van der Waals surface area contributed by atoms with Gasteiger partial charge in [-0.3, -0.25) is 0 Å². The number of benzene rings is 2. The van der Waals surface area contributed by atoms with Crippen molar-refractivity contribution in [3.8, 4) is 17.8 Å². The number of rotatable bonds is 3. The van der Waals surface area contributed by atoms with Crippen LogP contribution in [0.15, 0.2) is 82.9 Å². The average Bonchev–Trinajstić information content (AvgIpc) is 3.35. The molecule has 2 atom stereocenters. The quantitative estimate of drug-likeness (QED) is 0.418. The molecule has 1 aromatic heterocycles. The zero-order valence-electron chi connectivity index (χ0n) is 21.3. The van der Waals surface area contributed by atoms with E-state index in [0.717, 1.165) is 53.7 Å². The number of nitrogens with zero attached hydrogens (tertiary/aromatic N) is 3. The lowest BCUT2D eigenvalue weighted by Gasteiger charge is -2.28. The van der Waals surface area contributed by atoms with Gasteiger partial charge in [-0.25, -0.2) is 0 Å². The largest absolute Gasteiger partial charge is 0.376 e. The van der Waals surface area contributed by atoms with Crippen molar-refractivity contribution in [1.82, 2.24) is 4.57 Å². The number of nitriles is 2. The fraction of sp³-hybridized carbons (Fsp3) is 0.212. The van der Waals surface area contributed by atoms with Gasteiger partial charge in [-0.15, -0.1) is 0 Å². The molecular weight excluding hydrogens is 463 g/mol. The number of hydrogen-bond donors (Lipinski definition) is 1. The molecule has 4 aliphatic carbocycles. The Morgan fingerprint density at radius 3 is 2.63 bits per heavy atom. The van der Waals surface area contributed by atoms with Gasteiger partial charge in [0.1, 0.15) is 20.0 Å². The lowest BCUT2D eigenvalue weighted by Crippen LogP contribution is -2.29. The van der Waals surface area contributed by atoms with Crippen LogP contribution in [0.1, 0.15) is 47.2 Å². The fourth-order valence-corrected chi connectivity index (χ4v) is 6.68. The van der Waals surface area contributed by atoms with Crippen LogP contribution in [-0.2, 0) is 6.42 Å². The molecule has 5 heteroatoms. The summed E-state index contributed by atoms with van der Waals surface area (Å²) in [5.74, 6) is 0.133. The highest BCUT2D eigenvalue weighted by molar-refractivity contribution is 6.23. The van der Waals surface area contributed by atoms with E-state index in [2.05, 4.69) is 83.6 Å². The molecule has 0 amide bonds. The molecule has 7 rings (SSSR count). The molecule has 0 saturated carbocycles. The van der Waals surface area contributed by atoms with E-state index in [0.29, 0.717) is 11.1 Å². The second-order valence-corrected chi connectivity index (χ2v) is 10.6. The number of anilines is 1. The van der Waals surface area contributed by atoms with Crippen LogP contribution < -0.4 is 5.32 Å². The number of fused-ring (bicyclic) bond motifs is 7. The molecule has 2 unspecified atom stereocenters. The molecule has 2 radical (unpaired) electrons. The summed E-state index contributed by atoms with van der Waals surface area (Å²) in [6.45, 7) is 2.12. The summed E-state index contributed by atoms with van der Waals surface area (Å²) in [4.78, 5) is 0.